The lowest BCUT2D eigenvalue weighted by molar-refractivity contribution is 0.0941. The first-order valence-corrected chi connectivity index (χ1v) is 10.2. The number of nitrogens with zero attached hydrogens (tertiary/aromatic N) is 3. The van der Waals surface area contributed by atoms with E-state index in [9.17, 15) is 4.79 Å². The molecule has 4 rings (SSSR count). The number of hydrogen-bond donors (Lipinski definition) is 1. The van der Waals surface area contributed by atoms with Gasteiger partial charge in [0.25, 0.3) is 5.91 Å². The minimum atomic E-state index is -0.0536. The molecule has 2 fully saturated rings. The Morgan fingerprint density at radius 3 is 2.58 bits per heavy atom. The molecule has 0 radical (unpaired) electrons. The number of likely N-dealkylation sites (tertiary alicyclic amines) is 1. The van der Waals surface area contributed by atoms with Gasteiger partial charge in [-0.05, 0) is 62.7 Å². The zero-order valence-electron chi connectivity index (χ0n) is 15.6. The summed E-state index contributed by atoms with van der Waals surface area (Å²) >= 11 is 0. The van der Waals surface area contributed by atoms with Crippen molar-refractivity contribution in [3.8, 4) is 0 Å². The van der Waals surface area contributed by atoms with Crippen LogP contribution in [0.4, 0.5) is 5.69 Å². The molecule has 0 bridgehead atoms. The average Bonchev–Trinajstić information content (AvgIpc) is 3.13. The molecule has 1 amide bonds. The van der Waals surface area contributed by atoms with Gasteiger partial charge in [0.2, 0.25) is 0 Å². The predicted octanol–water partition coefficient (Wildman–Crippen LogP) is 2.70. The van der Waals surface area contributed by atoms with Gasteiger partial charge in [0, 0.05) is 38.1 Å². The predicted molar refractivity (Wildman–Crippen MR) is 104 cm³/mol. The Labute approximate surface area is 156 Å². The fraction of sp³-hybridized carbons (Fsp3) is 0.619. The summed E-state index contributed by atoms with van der Waals surface area (Å²) in [4.78, 5) is 21.6. The number of carbonyl (C=O) groups is 1. The highest BCUT2D eigenvalue weighted by molar-refractivity contribution is 5.93. The van der Waals surface area contributed by atoms with Crippen LogP contribution in [-0.4, -0.2) is 55.1 Å². The highest BCUT2D eigenvalue weighted by Crippen LogP contribution is 2.35. The van der Waals surface area contributed by atoms with Crippen molar-refractivity contribution in [3.63, 3.8) is 0 Å². The molecule has 1 aromatic heterocycles. The molecule has 2 saturated heterocycles. The first-order chi connectivity index (χ1) is 12.8. The van der Waals surface area contributed by atoms with E-state index >= 15 is 0 Å². The SMILES string of the molecule is O=C(NCCN1CCCCC1)c1cc(N2C[C@H]3CC=CC[C@H]3C2)ccn1. The van der Waals surface area contributed by atoms with Crippen molar-refractivity contribution in [2.75, 3.05) is 44.2 Å². The lowest BCUT2D eigenvalue weighted by atomic mass is 9.86. The zero-order chi connectivity index (χ0) is 17.8. The number of allylic oxidation sites excluding steroid dienone is 2. The largest absolute Gasteiger partial charge is 0.371 e. The Kier molecular flexibility index (Phi) is 5.54. The summed E-state index contributed by atoms with van der Waals surface area (Å²) in [5.74, 6) is 1.46. The number of piperidine rings is 1. The number of anilines is 1. The van der Waals surface area contributed by atoms with E-state index in [1.807, 2.05) is 12.1 Å². The van der Waals surface area contributed by atoms with E-state index in [2.05, 4.69) is 32.3 Å². The van der Waals surface area contributed by atoms with Crippen LogP contribution in [0.3, 0.4) is 0 Å². The van der Waals surface area contributed by atoms with Gasteiger partial charge >= 0.3 is 0 Å². The number of hydrogen-bond acceptors (Lipinski definition) is 4. The van der Waals surface area contributed by atoms with Gasteiger partial charge in [0.05, 0.1) is 0 Å². The van der Waals surface area contributed by atoms with Gasteiger partial charge in [-0.2, -0.15) is 0 Å². The molecule has 1 aliphatic carbocycles. The maximum absolute atomic E-state index is 12.5. The maximum atomic E-state index is 12.5. The lowest BCUT2D eigenvalue weighted by Crippen LogP contribution is -2.37. The molecule has 1 aromatic rings. The van der Waals surface area contributed by atoms with Crippen LogP contribution in [0.5, 0.6) is 0 Å². The number of rotatable bonds is 5. The Hall–Kier alpha value is -1.88. The van der Waals surface area contributed by atoms with Gasteiger partial charge in [-0.3, -0.25) is 9.78 Å². The standard InChI is InChI=1S/C21H30N4O/c26-21(23-10-13-24-11-4-1-5-12-24)20-14-19(8-9-22-20)25-15-17-6-2-3-7-18(17)16-25/h2-3,8-9,14,17-18H,1,4-7,10-13,15-16H2,(H,23,26)/t17-,18+. The number of carbonyl (C=O) groups excluding carboxylic acids is 1. The molecule has 2 aliphatic heterocycles. The summed E-state index contributed by atoms with van der Waals surface area (Å²) in [5, 5.41) is 3.04. The lowest BCUT2D eigenvalue weighted by Gasteiger charge is -2.26. The van der Waals surface area contributed by atoms with Gasteiger partial charge in [-0.25, -0.2) is 0 Å². The van der Waals surface area contributed by atoms with Gasteiger partial charge in [0.1, 0.15) is 5.69 Å². The molecule has 1 N–H and O–H groups in total. The Morgan fingerprint density at radius 2 is 1.85 bits per heavy atom. The highest BCUT2D eigenvalue weighted by atomic mass is 16.1. The summed E-state index contributed by atoms with van der Waals surface area (Å²) in [6.45, 7) is 6.15. The van der Waals surface area contributed by atoms with E-state index in [-0.39, 0.29) is 5.91 Å². The molecule has 140 valence electrons. The third-order valence-corrected chi connectivity index (χ3v) is 6.12. The van der Waals surface area contributed by atoms with Gasteiger partial charge < -0.3 is 15.1 Å². The molecule has 5 heteroatoms. The molecule has 26 heavy (non-hydrogen) atoms. The molecule has 3 heterocycles. The summed E-state index contributed by atoms with van der Waals surface area (Å²) < 4.78 is 0. The quantitative estimate of drug-likeness (QED) is 0.826. The summed E-state index contributed by atoms with van der Waals surface area (Å²) in [7, 11) is 0. The van der Waals surface area contributed by atoms with Crippen molar-refractivity contribution < 1.29 is 4.79 Å². The van der Waals surface area contributed by atoms with Gasteiger partial charge in [0.15, 0.2) is 0 Å². The first kappa shape index (κ1) is 17.5. The number of nitrogens with one attached hydrogen (secondary N) is 1. The van der Waals surface area contributed by atoms with E-state index in [0.717, 1.165) is 50.2 Å². The van der Waals surface area contributed by atoms with Crippen molar-refractivity contribution in [3.05, 3.63) is 36.2 Å². The number of pyridine rings is 1. The topological polar surface area (TPSA) is 48.5 Å². The smallest absolute Gasteiger partial charge is 0.269 e. The minimum Gasteiger partial charge on any atom is -0.371 e. The molecule has 0 unspecified atom stereocenters. The van der Waals surface area contributed by atoms with Crippen LogP contribution in [0.25, 0.3) is 0 Å². The third kappa shape index (κ3) is 4.09. The van der Waals surface area contributed by atoms with Gasteiger partial charge in [-0.15, -0.1) is 0 Å². The molecule has 5 nitrogen and oxygen atoms in total. The molecule has 3 aliphatic rings. The van der Waals surface area contributed by atoms with Crippen LogP contribution in [0.2, 0.25) is 0 Å². The zero-order valence-corrected chi connectivity index (χ0v) is 15.6. The van der Waals surface area contributed by atoms with E-state index < -0.39 is 0 Å². The molecule has 2 atom stereocenters. The number of amides is 1. The molecule has 0 spiro atoms. The van der Waals surface area contributed by atoms with Crippen molar-refractivity contribution in [2.45, 2.75) is 32.1 Å². The second-order valence-corrected chi connectivity index (χ2v) is 7.93. The van der Waals surface area contributed by atoms with E-state index in [1.54, 1.807) is 6.20 Å². The normalized spacial score (nSPS) is 25.9. The number of fused-ring (bicyclic) bond motifs is 1. The van der Waals surface area contributed by atoms with Crippen LogP contribution in [0.15, 0.2) is 30.5 Å². The molecule has 0 saturated carbocycles. The van der Waals surface area contributed by atoms with Crippen molar-refractivity contribution in [2.24, 2.45) is 11.8 Å². The molecule has 0 aromatic carbocycles. The van der Waals surface area contributed by atoms with Crippen molar-refractivity contribution >= 4 is 11.6 Å². The summed E-state index contributed by atoms with van der Waals surface area (Å²) in [6.07, 6.45) is 12.7. The fourth-order valence-electron chi connectivity index (χ4n) is 4.57. The minimum absolute atomic E-state index is 0.0536. The first-order valence-electron chi connectivity index (χ1n) is 10.2. The van der Waals surface area contributed by atoms with Crippen LogP contribution in [0, 0.1) is 11.8 Å². The Morgan fingerprint density at radius 1 is 1.12 bits per heavy atom. The summed E-state index contributed by atoms with van der Waals surface area (Å²) in [5.41, 5.74) is 1.67. The second kappa shape index (κ2) is 8.21. The third-order valence-electron chi connectivity index (χ3n) is 6.12. The summed E-state index contributed by atoms with van der Waals surface area (Å²) in [6, 6.07) is 4.00. The van der Waals surface area contributed by atoms with Gasteiger partial charge in [-0.1, -0.05) is 18.6 Å². The van der Waals surface area contributed by atoms with E-state index in [0.29, 0.717) is 12.2 Å². The average molecular weight is 354 g/mol. The molecular weight excluding hydrogens is 324 g/mol. The van der Waals surface area contributed by atoms with Crippen LogP contribution < -0.4 is 10.2 Å². The number of aromatic nitrogens is 1. The van der Waals surface area contributed by atoms with Crippen LogP contribution in [-0.2, 0) is 0 Å². The monoisotopic (exact) mass is 354 g/mol. The molecular formula is C21H30N4O. The highest BCUT2D eigenvalue weighted by Gasteiger charge is 2.33. The van der Waals surface area contributed by atoms with Crippen LogP contribution >= 0.6 is 0 Å². The Bertz CT molecular complexity index is 637. The fourth-order valence-corrected chi connectivity index (χ4v) is 4.57. The Balaban J connectivity index is 1.31. The van der Waals surface area contributed by atoms with Crippen molar-refractivity contribution in [1.29, 1.82) is 0 Å². The van der Waals surface area contributed by atoms with Crippen LogP contribution in [0.1, 0.15) is 42.6 Å². The maximum Gasteiger partial charge on any atom is 0.269 e. The van der Waals surface area contributed by atoms with E-state index in [1.165, 1.54) is 32.1 Å². The second-order valence-electron chi connectivity index (χ2n) is 7.93. The van der Waals surface area contributed by atoms with Crippen molar-refractivity contribution in [1.82, 2.24) is 15.2 Å². The van der Waals surface area contributed by atoms with E-state index in [4.69, 9.17) is 0 Å².